The summed E-state index contributed by atoms with van der Waals surface area (Å²) in [5.74, 6) is 0. The molecule has 0 amide bonds. The summed E-state index contributed by atoms with van der Waals surface area (Å²) in [5, 5.41) is 5.95. The second kappa shape index (κ2) is 5.67. The summed E-state index contributed by atoms with van der Waals surface area (Å²) >= 11 is 0. The van der Waals surface area contributed by atoms with Crippen molar-refractivity contribution >= 4 is 49.3 Å². The molecule has 0 atom stereocenters. The van der Waals surface area contributed by atoms with Crippen LogP contribution in [0.15, 0.2) is 97.5 Å². The first-order valence-electron chi connectivity index (χ1n) is 10.0. The molecule has 0 unspecified atom stereocenters. The number of benzene rings is 3. The molecule has 4 heteroatoms. The van der Waals surface area contributed by atoms with Gasteiger partial charge < -0.3 is 4.57 Å². The van der Waals surface area contributed by atoms with Crippen molar-refractivity contribution < 1.29 is 0 Å². The lowest BCUT2D eigenvalue weighted by Gasteiger charge is -2.10. The SMILES string of the molecule is c1ccc(-n2c3ccccc3c3c4c(ccc32)c2cccnc2n2ccnc42)cc1. The van der Waals surface area contributed by atoms with Crippen molar-refractivity contribution in [3.05, 3.63) is 97.5 Å². The van der Waals surface area contributed by atoms with Crippen LogP contribution in [0, 0.1) is 0 Å². The summed E-state index contributed by atoms with van der Waals surface area (Å²) in [6.45, 7) is 0. The highest BCUT2D eigenvalue weighted by atomic mass is 15.0. The lowest BCUT2D eigenvalue weighted by atomic mass is 10.0. The van der Waals surface area contributed by atoms with Crippen molar-refractivity contribution in [3.63, 3.8) is 0 Å². The zero-order valence-corrected chi connectivity index (χ0v) is 16.0. The van der Waals surface area contributed by atoms with E-state index in [9.17, 15) is 0 Å². The van der Waals surface area contributed by atoms with E-state index >= 15 is 0 Å². The predicted octanol–water partition coefficient (Wildman–Crippen LogP) is 6.13. The Labute approximate surface area is 171 Å². The molecule has 0 fully saturated rings. The maximum absolute atomic E-state index is 4.75. The minimum Gasteiger partial charge on any atom is -0.309 e. The van der Waals surface area contributed by atoms with Crippen molar-refractivity contribution in [2.45, 2.75) is 0 Å². The number of imidazole rings is 1. The van der Waals surface area contributed by atoms with Gasteiger partial charge in [0.25, 0.3) is 0 Å². The molecule has 0 N–H and O–H groups in total. The standard InChI is InChI=1S/C26H16N4/c1-2-7-17(8-3-1)30-21-11-5-4-9-20(21)23-22(30)13-12-18-19-10-6-14-27-25(19)29-16-15-28-26(29)24(18)23/h1-16H. The van der Waals surface area contributed by atoms with Gasteiger partial charge in [0.2, 0.25) is 0 Å². The first-order valence-corrected chi connectivity index (χ1v) is 10.0. The number of fused-ring (bicyclic) bond motifs is 10. The Morgan fingerprint density at radius 1 is 0.533 bits per heavy atom. The van der Waals surface area contributed by atoms with E-state index in [1.54, 1.807) is 0 Å². The summed E-state index contributed by atoms with van der Waals surface area (Å²) < 4.78 is 4.45. The minimum absolute atomic E-state index is 0.934. The van der Waals surface area contributed by atoms with Gasteiger partial charge in [-0.25, -0.2) is 9.97 Å². The van der Waals surface area contributed by atoms with E-state index in [1.165, 1.54) is 32.6 Å². The van der Waals surface area contributed by atoms with Crippen LogP contribution in [-0.4, -0.2) is 18.9 Å². The molecule has 3 aromatic carbocycles. The molecular formula is C26H16N4. The molecule has 0 aliphatic carbocycles. The fraction of sp³-hybridized carbons (Fsp3) is 0. The van der Waals surface area contributed by atoms with Crippen LogP contribution in [0.25, 0.3) is 54.9 Å². The zero-order valence-electron chi connectivity index (χ0n) is 16.0. The van der Waals surface area contributed by atoms with Crippen LogP contribution < -0.4 is 0 Å². The molecule has 4 aromatic heterocycles. The van der Waals surface area contributed by atoms with Crippen LogP contribution in [0.3, 0.4) is 0 Å². The molecule has 0 aliphatic rings. The van der Waals surface area contributed by atoms with Gasteiger partial charge >= 0.3 is 0 Å². The molecule has 7 rings (SSSR count). The molecule has 0 saturated carbocycles. The average molecular weight is 384 g/mol. The fourth-order valence-electron chi connectivity index (χ4n) is 4.83. The second-order valence-corrected chi connectivity index (χ2v) is 7.57. The Morgan fingerprint density at radius 3 is 2.27 bits per heavy atom. The van der Waals surface area contributed by atoms with Gasteiger partial charge in [-0.2, -0.15) is 0 Å². The highest BCUT2D eigenvalue weighted by Gasteiger charge is 2.18. The topological polar surface area (TPSA) is 35.1 Å². The second-order valence-electron chi connectivity index (χ2n) is 7.57. The van der Waals surface area contributed by atoms with E-state index in [2.05, 4.69) is 86.7 Å². The van der Waals surface area contributed by atoms with Crippen molar-refractivity contribution in [2.24, 2.45) is 0 Å². The van der Waals surface area contributed by atoms with Gasteiger partial charge in [-0.3, -0.25) is 4.40 Å². The van der Waals surface area contributed by atoms with Gasteiger partial charge in [-0.05, 0) is 41.8 Å². The van der Waals surface area contributed by atoms with Gasteiger partial charge in [0.1, 0.15) is 11.3 Å². The largest absolute Gasteiger partial charge is 0.309 e. The Kier molecular flexibility index (Phi) is 2.97. The maximum Gasteiger partial charge on any atom is 0.146 e. The van der Waals surface area contributed by atoms with Gasteiger partial charge in [-0.1, -0.05) is 42.5 Å². The third-order valence-corrected chi connectivity index (χ3v) is 6.02. The number of aromatic nitrogens is 4. The smallest absolute Gasteiger partial charge is 0.146 e. The summed E-state index contributed by atoms with van der Waals surface area (Å²) in [7, 11) is 0. The minimum atomic E-state index is 0.934. The maximum atomic E-state index is 4.75. The van der Waals surface area contributed by atoms with Crippen LogP contribution in [0.4, 0.5) is 0 Å². The fourth-order valence-corrected chi connectivity index (χ4v) is 4.83. The first-order chi connectivity index (χ1) is 14.9. The van der Waals surface area contributed by atoms with Crippen molar-refractivity contribution in [2.75, 3.05) is 0 Å². The van der Waals surface area contributed by atoms with Crippen molar-refractivity contribution in [1.82, 2.24) is 18.9 Å². The normalized spacial score (nSPS) is 12.0. The molecule has 0 radical (unpaired) electrons. The number of rotatable bonds is 1. The van der Waals surface area contributed by atoms with Crippen molar-refractivity contribution in [3.8, 4) is 5.69 Å². The van der Waals surface area contributed by atoms with Crippen LogP contribution in [0.2, 0.25) is 0 Å². The van der Waals surface area contributed by atoms with E-state index in [4.69, 9.17) is 4.98 Å². The molecule has 7 aromatic rings. The van der Waals surface area contributed by atoms with Gasteiger partial charge in [0, 0.05) is 45.8 Å². The van der Waals surface area contributed by atoms with Crippen LogP contribution in [0.5, 0.6) is 0 Å². The highest BCUT2D eigenvalue weighted by Crippen LogP contribution is 2.40. The summed E-state index contributed by atoms with van der Waals surface area (Å²) in [6, 6.07) is 27.8. The summed E-state index contributed by atoms with van der Waals surface area (Å²) in [5.41, 5.74) is 5.41. The van der Waals surface area contributed by atoms with Gasteiger partial charge in [0.15, 0.2) is 0 Å². The Bertz CT molecular complexity index is 1740. The monoisotopic (exact) mass is 384 g/mol. The molecule has 0 spiro atoms. The van der Waals surface area contributed by atoms with Crippen LogP contribution >= 0.6 is 0 Å². The van der Waals surface area contributed by atoms with E-state index in [-0.39, 0.29) is 0 Å². The molecular weight excluding hydrogens is 368 g/mol. The van der Waals surface area contributed by atoms with Crippen LogP contribution in [0.1, 0.15) is 0 Å². The first kappa shape index (κ1) is 15.7. The van der Waals surface area contributed by atoms with E-state index in [0.29, 0.717) is 0 Å². The van der Waals surface area contributed by atoms with Crippen LogP contribution in [-0.2, 0) is 0 Å². The number of pyridine rings is 2. The number of hydrogen-bond donors (Lipinski definition) is 0. The van der Waals surface area contributed by atoms with E-state index in [1.807, 2.05) is 24.7 Å². The number of hydrogen-bond acceptors (Lipinski definition) is 2. The number of nitrogens with zero attached hydrogens (tertiary/aromatic N) is 4. The quantitative estimate of drug-likeness (QED) is 0.319. The molecule has 4 nitrogen and oxygen atoms in total. The molecule has 0 aliphatic heterocycles. The lowest BCUT2D eigenvalue weighted by Crippen LogP contribution is -1.95. The average Bonchev–Trinajstić information content (AvgIpc) is 3.43. The van der Waals surface area contributed by atoms with E-state index < -0.39 is 0 Å². The molecule has 4 heterocycles. The van der Waals surface area contributed by atoms with Crippen molar-refractivity contribution in [1.29, 1.82) is 0 Å². The van der Waals surface area contributed by atoms with Gasteiger partial charge in [-0.15, -0.1) is 0 Å². The Balaban J connectivity index is 1.82. The summed E-state index contributed by atoms with van der Waals surface area (Å²) in [6.07, 6.45) is 5.70. The van der Waals surface area contributed by atoms with Gasteiger partial charge in [0.05, 0.1) is 11.0 Å². The molecule has 0 bridgehead atoms. The predicted molar refractivity (Wildman–Crippen MR) is 122 cm³/mol. The highest BCUT2D eigenvalue weighted by molar-refractivity contribution is 6.28. The molecule has 140 valence electrons. The third-order valence-electron chi connectivity index (χ3n) is 6.02. The lowest BCUT2D eigenvalue weighted by molar-refractivity contribution is 1.18. The summed E-state index contributed by atoms with van der Waals surface area (Å²) in [4.78, 5) is 9.39. The Morgan fingerprint density at radius 2 is 1.33 bits per heavy atom. The number of para-hydroxylation sites is 2. The van der Waals surface area contributed by atoms with E-state index in [0.717, 1.165) is 22.4 Å². The Hall–Kier alpha value is -4.18. The zero-order chi connectivity index (χ0) is 19.7. The molecule has 30 heavy (non-hydrogen) atoms. The molecule has 0 saturated heterocycles. The third kappa shape index (κ3) is 1.90.